The van der Waals surface area contributed by atoms with Gasteiger partial charge in [-0.15, -0.1) is 32.9 Å². The number of nitrogens with one attached hydrogen (secondary N) is 1. The summed E-state index contributed by atoms with van der Waals surface area (Å²) in [6.07, 6.45) is 2.20. The Morgan fingerprint density at radius 1 is 1.12 bits per heavy atom. The minimum absolute atomic E-state index is 0.111. The zero-order chi connectivity index (χ0) is 22.5. The molecule has 1 amide bonds. The van der Waals surface area contributed by atoms with Gasteiger partial charge in [0.05, 0.1) is 11.4 Å². The Bertz CT molecular complexity index is 1200. The molecule has 0 radical (unpaired) electrons. The summed E-state index contributed by atoms with van der Waals surface area (Å²) >= 11 is 8.00. The molecule has 0 saturated carbocycles. The molecule has 10 heteroatoms. The third kappa shape index (κ3) is 5.48. The maximum atomic E-state index is 12.5. The average molecular weight is 549 g/mol. The Hall–Kier alpha value is -2.01. The quantitative estimate of drug-likeness (QED) is 0.239. The summed E-state index contributed by atoms with van der Waals surface area (Å²) in [5.74, 6) is 0.989. The molecule has 0 bridgehead atoms. The Kier molecular flexibility index (Phi) is 7.77. The summed E-state index contributed by atoms with van der Waals surface area (Å²) in [7, 11) is 0. The van der Waals surface area contributed by atoms with Crippen molar-refractivity contribution in [3.05, 3.63) is 50.4 Å². The smallest absolute Gasteiger partial charge is 0.236 e. The normalized spacial score (nSPS) is 11.1. The first kappa shape index (κ1) is 23.2. The second-order valence-electron chi connectivity index (χ2n) is 6.98. The molecule has 0 atom stereocenters. The fourth-order valence-corrected chi connectivity index (χ4v) is 5.91. The van der Waals surface area contributed by atoms with Crippen molar-refractivity contribution >= 4 is 61.4 Å². The number of thiazole rings is 1. The number of thioether (sulfide) groups is 1. The summed E-state index contributed by atoms with van der Waals surface area (Å²) in [6, 6.07) is 10.1. The molecular formula is C22H22BrN5OS3. The lowest BCUT2D eigenvalue weighted by Gasteiger charge is -2.06. The highest BCUT2D eigenvalue weighted by molar-refractivity contribution is 9.10. The van der Waals surface area contributed by atoms with Crippen LogP contribution in [0.2, 0.25) is 0 Å². The van der Waals surface area contributed by atoms with Gasteiger partial charge in [-0.1, -0.05) is 53.2 Å². The zero-order valence-corrected chi connectivity index (χ0v) is 21.7. The number of hydrogen-bond donors (Lipinski definition) is 1. The molecule has 166 valence electrons. The Balaban J connectivity index is 1.38. The van der Waals surface area contributed by atoms with Crippen LogP contribution in [-0.4, -0.2) is 31.4 Å². The van der Waals surface area contributed by atoms with E-state index in [-0.39, 0.29) is 11.7 Å². The predicted octanol–water partition coefficient (Wildman–Crippen LogP) is 6.60. The topological polar surface area (TPSA) is 72.7 Å². The monoisotopic (exact) mass is 547 g/mol. The molecular weight excluding hydrogens is 526 g/mol. The van der Waals surface area contributed by atoms with E-state index in [1.54, 1.807) is 11.3 Å². The molecule has 0 fully saturated rings. The highest BCUT2D eigenvalue weighted by atomic mass is 79.9. The van der Waals surface area contributed by atoms with Crippen LogP contribution in [0.5, 0.6) is 0 Å². The van der Waals surface area contributed by atoms with E-state index in [4.69, 9.17) is 0 Å². The van der Waals surface area contributed by atoms with Crippen LogP contribution < -0.4 is 5.32 Å². The van der Waals surface area contributed by atoms with Gasteiger partial charge >= 0.3 is 0 Å². The van der Waals surface area contributed by atoms with Crippen LogP contribution in [0.1, 0.15) is 25.1 Å². The Morgan fingerprint density at radius 3 is 2.69 bits per heavy atom. The van der Waals surface area contributed by atoms with Crippen molar-refractivity contribution in [1.29, 1.82) is 0 Å². The number of benzene rings is 1. The molecule has 0 unspecified atom stereocenters. The molecule has 0 spiro atoms. The van der Waals surface area contributed by atoms with Crippen molar-refractivity contribution in [2.75, 3.05) is 11.1 Å². The minimum Gasteiger partial charge on any atom is -0.302 e. The van der Waals surface area contributed by atoms with Crippen molar-refractivity contribution in [3.8, 4) is 22.6 Å². The highest BCUT2D eigenvalue weighted by Gasteiger charge is 2.16. The van der Waals surface area contributed by atoms with Gasteiger partial charge in [0.15, 0.2) is 16.1 Å². The van der Waals surface area contributed by atoms with E-state index in [2.05, 4.69) is 66.3 Å². The molecule has 32 heavy (non-hydrogen) atoms. The molecule has 4 rings (SSSR count). The van der Waals surface area contributed by atoms with Crippen LogP contribution in [0, 0.1) is 0 Å². The van der Waals surface area contributed by atoms with E-state index in [0.717, 1.165) is 51.7 Å². The number of nitrogens with zero attached hydrogens (tertiary/aromatic N) is 4. The summed E-state index contributed by atoms with van der Waals surface area (Å²) in [6.45, 7) is 4.99. The lowest BCUT2D eigenvalue weighted by molar-refractivity contribution is -0.113. The second-order valence-corrected chi connectivity index (χ2v) is 10.7. The standard InChI is InChI=1S/C22H22BrN5OS3/c1-3-5-17-10-15(11-30-17)20-26-27-22(28(20)4-2)32-13-19(29)25-21-24-18(12-31-21)14-6-8-16(23)9-7-14/h6-12H,3-5,13H2,1-2H3,(H,24,25,29). The number of rotatable bonds is 9. The molecule has 0 aliphatic heterocycles. The van der Waals surface area contributed by atoms with Gasteiger partial charge in [-0.05, 0) is 31.5 Å². The van der Waals surface area contributed by atoms with Crippen molar-refractivity contribution in [1.82, 2.24) is 19.7 Å². The van der Waals surface area contributed by atoms with Gasteiger partial charge in [-0.2, -0.15) is 0 Å². The van der Waals surface area contributed by atoms with Gasteiger partial charge in [0.25, 0.3) is 0 Å². The number of aromatic nitrogens is 4. The fourth-order valence-electron chi connectivity index (χ4n) is 3.14. The van der Waals surface area contributed by atoms with Crippen molar-refractivity contribution in [2.24, 2.45) is 0 Å². The predicted molar refractivity (Wildman–Crippen MR) is 138 cm³/mol. The van der Waals surface area contributed by atoms with E-state index in [9.17, 15) is 4.79 Å². The number of carbonyl (C=O) groups excluding carboxylic acids is 1. The van der Waals surface area contributed by atoms with Crippen molar-refractivity contribution < 1.29 is 4.79 Å². The summed E-state index contributed by atoms with van der Waals surface area (Å²) in [5, 5.41) is 17.0. The van der Waals surface area contributed by atoms with Gasteiger partial charge in [-0.3, -0.25) is 4.79 Å². The molecule has 1 N–H and O–H groups in total. The molecule has 1 aromatic carbocycles. The van der Waals surface area contributed by atoms with Crippen LogP contribution in [0.15, 0.2) is 50.7 Å². The van der Waals surface area contributed by atoms with E-state index >= 15 is 0 Å². The average Bonchev–Trinajstić information content (AvgIpc) is 3.52. The summed E-state index contributed by atoms with van der Waals surface area (Å²) in [4.78, 5) is 18.4. The highest BCUT2D eigenvalue weighted by Crippen LogP contribution is 2.29. The van der Waals surface area contributed by atoms with Gasteiger partial charge in [0.2, 0.25) is 5.91 Å². The summed E-state index contributed by atoms with van der Waals surface area (Å²) < 4.78 is 3.08. The van der Waals surface area contributed by atoms with E-state index in [1.165, 1.54) is 28.0 Å². The maximum absolute atomic E-state index is 12.5. The molecule has 6 nitrogen and oxygen atoms in total. The SMILES string of the molecule is CCCc1cc(-c2nnc(SCC(=O)Nc3nc(-c4ccc(Br)cc4)cs3)n2CC)cs1. The van der Waals surface area contributed by atoms with Gasteiger partial charge in [-0.25, -0.2) is 4.98 Å². The van der Waals surface area contributed by atoms with Crippen LogP contribution in [0.3, 0.4) is 0 Å². The van der Waals surface area contributed by atoms with Gasteiger partial charge in [0.1, 0.15) is 0 Å². The molecule has 3 aromatic heterocycles. The third-order valence-corrected chi connectivity index (χ3v) is 7.91. The number of amides is 1. The van der Waals surface area contributed by atoms with Gasteiger partial charge in [0, 0.05) is 37.8 Å². The Labute approximate surface area is 207 Å². The number of carbonyl (C=O) groups is 1. The number of anilines is 1. The van der Waals surface area contributed by atoms with Gasteiger partial charge < -0.3 is 9.88 Å². The second kappa shape index (κ2) is 10.7. The van der Waals surface area contributed by atoms with Crippen LogP contribution >= 0.6 is 50.4 Å². The van der Waals surface area contributed by atoms with E-state index < -0.39 is 0 Å². The first-order valence-corrected chi connectivity index (χ1v) is 13.8. The first-order chi connectivity index (χ1) is 15.6. The zero-order valence-electron chi connectivity index (χ0n) is 17.7. The van der Waals surface area contributed by atoms with E-state index in [1.807, 2.05) is 29.6 Å². The number of halogens is 1. The largest absolute Gasteiger partial charge is 0.302 e. The molecule has 0 aliphatic rings. The molecule has 4 aromatic rings. The summed E-state index contributed by atoms with van der Waals surface area (Å²) in [5.41, 5.74) is 2.95. The lowest BCUT2D eigenvalue weighted by atomic mass is 10.2. The van der Waals surface area contributed by atoms with Crippen LogP contribution in [-0.2, 0) is 17.8 Å². The number of aryl methyl sites for hydroxylation is 1. The van der Waals surface area contributed by atoms with E-state index in [0.29, 0.717) is 5.13 Å². The van der Waals surface area contributed by atoms with Crippen LogP contribution in [0.25, 0.3) is 22.6 Å². The van der Waals surface area contributed by atoms with Crippen molar-refractivity contribution in [3.63, 3.8) is 0 Å². The molecule has 0 saturated heterocycles. The fraction of sp³-hybridized carbons (Fsp3) is 0.273. The number of hydrogen-bond acceptors (Lipinski definition) is 7. The molecule has 0 aliphatic carbocycles. The maximum Gasteiger partial charge on any atom is 0.236 e. The third-order valence-electron chi connectivity index (χ3n) is 4.66. The van der Waals surface area contributed by atoms with Crippen molar-refractivity contribution in [2.45, 2.75) is 38.4 Å². The Morgan fingerprint density at radius 2 is 1.94 bits per heavy atom. The molecule has 3 heterocycles. The first-order valence-electron chi connectivity index (χ1n) is 10.2. The van der Waals surface area contributed by atoms with Crippen LogP contribution in [0.4, 0.5) is 5.13 Å². The lowest BCUT2D eigenvalue weighted by Crippen LogP contribution is -2.14. The minimum atomic E-state index is -0.111. The number of thiophene rings is 1.